The number of hydrogen-bond acceptors (Lipinski definition) is 3. The highest BCUT2D eigenvalue weighted by atomic mass is 19.1. The molecule has 2 aromatic carbocycles. The van der Waals surface area contributed by atoms with E-state index in [0.717, 1.165) is 6.07 Å². The van der Waals surface area contributed by atoms with Gasteiger partial charge >= 0.3 is 6.03 Å². The number of amides is 2. The molecule has 0 spiro atoms. The van der Waals surface area contributed by atoms with Gasteiger partial charge in [0.05, 0.1) is 18.6 Å². The average Bonchev–Trinajstić information content (AvgIpc) is 3.18. The Morgan fingerprint density at radius 2 is 1.93 bits per heavy atom. The van der Waals surface area contributed by atoms with Gasteiger partial charge in [0.2, 0.25) is 0 Å². The van der Waals surface area contributed by atoms with Crippen LogP contribution in [0.1, 0.15) is 24.3 Å². The van der Waals surface area contributed by atoms with Gasteiger partial charge in [0.15, 0.2) is 0 Å². The molecule has 1 fully saturated rings. The third-order valence-corrected chi connectivity index (χ3v) is 5.13. The van der Waals surface area contributed by atoms with Gasteiger partial charge in [0.1, 0.15) is 24.0 Å². The predicted molar refractivity (Wildman–Crippen MR) is 108 cm³/mol. The first-order valence-electron chi connectivity index (χ1n) is 9.78. The zero-order chi connectivity index (χ0) is 20.9. The minimum Gasteiger partial charge on any atom is -0.490 e. The number of urea groups is 1. The number of para-hydroxylation sites is 2. The second-order valence-electron chi connectivity index (χ2n) is 7.31. The Kier molecular flexibility index (Phi) is 5.92. The van der Waals surface area contributed by atoms with Crippen molar-refractivity contribution >= 4 is 11.7 Å². The molecule has 1 heterocycles. The highest BCUT2D eigenvalue weighted by Gasteiger charge is 2.32. The van der Waals surface area contributed by atoms with E-state index in [1.54, 1.807) is 24.7 Å². The van der Waals surface area contributed by atoms with Crippen LogP contribution in [-0.4, -0.2) is 28.2 Å². The van der Waals surface area contributed by atoms with Crippen LogP contribution in [0.5, 0.6) is 5.75 Å². The fraction of sp³-hybridized carbons (Fsp3) is 0.273. The van der Waals surface area contributed by atoms with Crippen molar-refractivity contribution in [2.75, 3.05) is 11.9 Å². The number of halogens is 2. The Morgan fingerprint density at radius 3 is 2.67 bits per heavy atom. The van der Waals surface area contributed by atoms with Crippen LogP contribution in [0.15, 0.2) is 61.2 Å². The van der Waals surface area contributed by atoms with E-state index in [2.05, 4.69) is 15.6 Å². The molecule has 0 radical (unpaired) electrons. The Morgan fingerprint density at radius 1 is 1.17 bits per heavy atom. The van der Waals surface area contributed by atoms with Crippen molar-refractivity contribution in [3.05, 3.63) is 78.4 Å². The molecular formula is C22H22F2N4O2. The van der Waals surface area contributed by atoms with Crippen molar-refractivity contribution in [2.45, 2.75) is 31.3 Å². The Labute approximate surface area is 172 Å². The van der Waals surface area contributed by atoms with E-state index in [-0.39, 0.29) is 18.0 Å². The summed E-state index contributed by atoms with van der Waals surface area (Å²) in [6.07, 6.45) is 6.55. The molecule has 6 nitrogen and oxygen atoms in total. The molecule has 1 saturated carbocycles. The van der Waals surface area contributed by atoms with Crippen LogP contribution >= 0.6 is 0 Å². The van der Waals surface area contributed by atoms with E-state index in [4.69, 9.17) is 4.74 Å². The number of rotatable bonds is 7. The third-order valence-electron chi connectivity index (χ3n) is 5.13. The van der Waals surface area contributed by atoms with Crippen LogP contribution in [0.2, 0.25) is 0 Å². The summed E-state index contributed by atoms with van der Waals surface area (Å²) in [5, 5.41) is 5.71. The third kappa shape index (κ3) is 4.94. The molecule has 0 saturated heterocycles. The minimum atomic E-state index is -0.580. The Balaban J connectivity index is 1.26. The normalized spacial score (nSPS) is 17.8. The molecule has 0 atom stereocenters. The summed E-state index contributed by atoms with van der Waals surface area (Å²) in [4.78, 5) is 16.4. The molecule has 3 aromatic rings. The molecule has 1 aliphatic carbocycles. The summed E-state index contributed by atoms with van der Waals surface area (Å²) in [6.45, 7) is 1.08. The Bertz CT molecular complexity index is 984. The second-order valence-corrected chi connectivity index (χ2v) is 7.31. The number of imidazole rings is 1. The molecule has 0 bridgehead atoms. The topological polar surface area (TPSA) is 68.2 Å². The molecule has 2 N–H and O–H groups in total. The lowest BCUT2D eigenvalue weighted by Gasteiger charge is -2.36. The van der Waals surface area contributed by atoms with Gasteiger partial charge < -0.3 is 19.9 Å². The molecule has 30 heavy (non-hydrogen) atoms. The number of nitrogens with zero attached hydrogens (tertiary/aromatic N) is 2. The summed E-state index contributed by atoms with van der Waals surface area (Å²) in [5.74, 6) is -0.540. The molecule has 0 aliphatic heterocycles. The number of ether oxygens (including phenoxy) is 1. The molecule has 1 aromatic heterocycles. The van der Waals surface area contributed by atoms with Crippen LogP contribution in [-0.2, 0) is 6.54 Å². The summed E-state index contributed by atoms with van der Waals surface area (Å²) in [5.41, 5.74) is 1.20. The maximum Gasteiger partial charge on any atom is 0.319 e. The van der Waals surface area contributed by atoms with E-state index < -0.39 is 11.6 Å². The summed E-state index contributed by atoms with van der Waals surface area (Å²) < 4.78 is 34.4. The van der Waals surface area contributed by atoms with Crippen LogP contribution in [0.4, 0.5) is 19.3 Å². The minimum absolute atomic E-state index is 0.0410. The van der Waals surface area contributed by atoms with Crippen LogP contribution in [0.3, 0.4) is 0 Å². The molecule has 8 heteroatoms. The lowest BCUT2D eigenvalue weighted by atomic mass is 9.76. The number of carbonyl (C=O) groups excluding carboxylic acids is 1. The zero-order valence-electron chi connectivity index (χ0n) is 16.2. The van der Waals surface area contributed by atoms with Crippen molar-refractivity contribution in [3.63, 3.8) is 0 Å². The molecule has 4 rings (SSSR count). The smallest absolute Gasteiger partial charge is 0.319 e. The van der Waals surface area contributed by atoms with Crippen LogP contribution in [0.25, 0.3) is 0 Å². The van der Waals surface area contributed by atoms with Crippen molar-refractivity contribution in [2.24, 2.45) is 0 Å². The van der Waals surface area contributed by atoms with Gasteiger partial charge in [-0.3, -0.25) is 0 Å². The fourth-order valence-electron chi connectivity index (χ4n) is 3.54. The van der Waals surface area contributed by atoms with Gasteiger partial charge in [0.25, 0.3) is 0 Å². The number of benzene rings is 2. The lowest BCUT2D eigenvalue weighted by Crippen LogP contribution is -2.45. The number of nitrogens with one attached hydrogen (secondary N) is 2. The van der Waals surface area contributed by atoms with Gasteiger partial charge in [-0.2, -0.15) is 0 Å². The lowest BCUT2D eigenvalue weighted by molar-refractivity contribution is 0.233. The van der Waals surface area contributed by atoms with Gasteiger partial charge in [0, 0.05) is 24.5 Å². The second kappa shape index (κ2) is 8.94. The molecule has 1 aliphatic rings. The van der Waals surface area contributed by atoms with E-state index in [0.29, 0.717) is 43.0 Å². The van der Waals surface area contributed by atoms with E-state index >= 15 is 0 Å². The summed E-state index contributed by atoms with van der Waals surface area (Å²) in [7, 11) is 0. The van der Waals surface area contributed by atoms with Crippen molar-refractivity contribution < 1.29 is 18.3 Å². The van der Waals surface area contributed by atoms with Gasteiger partial charge in [-0.25, -0.2) is 18.6 Å². The molecule has 0 unspecified atom stereocenters. The van der Waals surface area contributed by atoms with Gasteiger partial charge in [-0.15, -0.1) is 0 Å². The van der Waals surface area contributed by atoms with Crippen molar-refractivity contribution in [1.29, 1.82) is 0 Å². The molecular weight excluding hydrogens is 390 g/mol. The number of anilines is 1. The van der Waals surface area contributed by atoms with E-state index in [9.17, 15) is 13.6 Å². The van der Waals surface area contributed by atoms with Gasteiger partial charge in [-0.05, 0) is 48.6 Å². The molecule has 2 amide bonds. The standard InChI is InChI=1S/C22H22F2N4O2/c23-17-9-15(10-18(24)13-17)16-11-19(12-16)26-22(29)27-20-3-1-2-4-21(20)30-8-7-28-6-5-25-14-28/h1-6,9-10,13-14,16,19H,7-8,11-12H2,(H2,26,27,29). The fourth-order valence-corrected chi connectivity index (χ4v) is 3.54. The van der Waals surface area contributed by atoms with Gasteiger partial charge in [-0.1, -0.05) is 12.1 Å². The summed E-state index contributed by atoms with van der Waals surface area (Å²) >= 11 is 0. The zero-order valence-corrected chi connectivity index (χ0v) is 16.2. The van der Waals surface area contributed by atoms with Crippen molar-refractivity contribution in [3.8, 4) is 5.75 Å². The number of carbonyl (C=O) groups is 1. The quantitative estimate of drug-likeness (QED) is 0.608. The van der Waals surface area contributed by atoms with Crippen molar-refractivity contribution in [1.82, 2.24) is 14.9 Å². The molecule has 156 valence electrons. The highest BCUT2D eigenvalue weighted by Crippen LogP contribution is 2.37. The first-order chi connectivity index (χ1) is 14.6. The van der Waals surface area contributed by atoms with E-state index in [1.165, 1.54) is 12.1 Å². The number of hydrogen-bond donors (Lipinski definition) is 2. The monoisotopic (exact) mass is 412 g/mol. The largest absolute Gasteiger partial charge is 0.490 e. The highest BCUT2D eigenvalue weighted by molar-refractivity contribution is 5.91. The Hall–Kier alpha value is -3.42. The van der Waals surface area contributed by atoms with Crippen LogP contribution < -0.4 is 15.4 Å². The maximum absolute atomic E-state index is 13.4. The number of aromatic nitrogens is 2. The maximum atomic E-state index is 13.4. The summed E-state index contributed by atoms with van der Waals surface area (Å²) in [6, 6.07) is 10.4. The predicted octanol–water partition coefficient (Wildman–Crippen LogP) is 4.31. The first-order valence-corrected chi connectivity index (χ1v) is 9.78. The van der Waals surface area contributed by atoms with E-state index in [1.807, 2.05) is 22.9 Å². The van der Waals surface area contributed by atoms with Crippen LogP contribution in [0, 0.1) is 11.6 Å². The first kappa shape index (κ1) is 19.9. The average molecular weight is 412 g/mol. The SMILES string of the molecule is O=C(Nc1ccccc1OCCn1ccnc1)NC1CC(c2cc(F)cc(F)c2)C1.